The molecule has 0 saturated carbocycles. The van der Waals surface area contributed by atoms with Crippen molar-refractivity contribution < 1.29 is 0 Å². The van der Waals surface area contributed by atoms with E-state index in [-0.39, 0.29) is 29.6 Å². The summed E-state index contributed by atoms with van der Waals surface area (Å²) in [5.74, 6) is 0. The van der Waals surface area contributed by atoms with Crippen molar-refractivity contribution in [3.05, 3.63) is 6.42 Å². The van der Waals surface area contributed by atoms with Crippen LogP contribution in [0.1, 0.15) is 117 Å². The van der Waals surface area contributed by atoms with Gasteiger partial charge >= 0.3 is 29.6 Å². The molecule has 0 bridgehead atoms. The maximum absolute atomic E-state index is 2.29. The number of hydrogen-bond acceptors (Lipinski definition) is 0. The molecule has 0 saturated heterocycles. The molecule has 1 radical (unpaired) electrons. The summed E-state index contributed by atoms with van der Waals surface area (Å²) in [6, 6.07) is 0. The van der Waals surface area contributed by atoms with Crippen molar-refractivity contribution in [1.82, 2.24) is 0 Å². The maximum atomic E-state index is 2.29. The third-order valence-corrected chi connectivity index (χ3v) is 4.10. The van der Waals surface area contributed by atoms with Gasteiger partial charge in [-0.2, -0.15) is 0 Å². The molecule has 117 valence electrons. The van der Waals surface area contributed by atoms with Gasteiger partial charge in [0.2, 0.25) is 0 Å². The van der Waals surface area contributed by atoms with Crippen LogP contribution >= 0.6 is 0 Å². The quantitative estimate of drug-likeness (QED) is 0.216. The summed E-state index contributed by atoms with van der Waals surface area (Å²) in [5, 5.41) is 0. The van der Waals surface area contributed by atoms with E-state index in [1.54, 1.807) is 0 Å². The topological polar surface area (TPSA) is 0 Å². The first-order chi connectivity index (χ1) is 9.41. The van der Waals surface area contributed by atoms with Crippen LogP contribution in [0.5, 0.6) is 0 Å². The molecule has 0 fully saturated rings. The second-order valence-corrected chi connectivity index (χ2v) is 6.15. The zero-order chi connectivity index (χ0) is 14.0. The molecule has 0 aliphatic heterocycles. The van der Waals surface area contributed by atoms with Crippen molar-refractivity contribution in [2.45, 2.75) is 117 Å². The summed E-state index contributed by atoms with van der Waals surface area (Å²) >= 11 is 0. The molecule has 0 spiro atoms. The van der Waals surface area contributed by atoms with Crippen molar-refractivity contribution in [2.75, 3.05) is 0 Å². The molecule has 1 heteroatoms. The van der Waals surface area contributed by atoms with Crippen molar-refractivity contribution in [3.8, 4) is 0 Å². The van der Waals surface area contributed by atoms with Crippen LogP contribution in [0.25, 0.3) is 0 Å². The first-order valence-corrected chi connectivity index (χ1v) is 9.19. The Morgan fingerprint density at radius 3 is 1.10 bits per heavy atom. The van der Waals surface area contributed by atoms with Gasteiger partial charge in [-0.25, -0.2) is 0 Å². The van der Waals surface area contributed by atoms with Gasteiger partial charge in [0.1, 0.15) is 0 Å². The van der Waals surface area contributed by atoms with E-state index in [1.165, 1.54) is 103 Å². The van der Waals surface area contributed by atoms with Gasteiger partial charge in [0.05, 0.1) is 0 Å². The first kappa shape index (κ1) is 23.3. The van der Waals surface area contributed by atoms with E-state index in [0.717, 1.165) is 0 Å². The Morgan fingerprint density at radius 2 is 0.800 bits per heavy atom. The van der Waals surface area contributed by atoms with Crippen LogP contribution in [0, 0.1) is 6.42 Å². The Balaban J connectivity index is 0. The molecule has 0 amide bonds. The molecule has 0 aliphatic carbocycles. The van der Waals surface area contributed by atoms with E-state index in [9.17, 15) is 0 Å². The van der Waals surface area contributed by atoms with Crippen LogP contribution in [0.15, 0.2) is 0 Å². The van der Waals surface area contributed by atoms with Crippen molar-refractivity contribution in [3.63, 3.8) is 0 Å². The minimum absolute atomic E-state index is 0. The molecule has 0 nitrogen and oxygen atoms in total. The number of hydrogen-bond donors (Lipinski definition) is 0. The number of unbranched alkanes of at least 4 members (excludes halogenated alkanes) is 16. The van der Waals surface area contributed by atoms with Gasteiger partial charge < -0.3 is 0 Å². The van der Waals surface area contributed by atoms with E-state index >= 15 is 0 Å². The van der Waals surface area contributed by atoms with Gasteiger partial charge in [-0.05, 0) is 6.42 Å². The van der Waals surface area contributed by atoms with Crippen LogP contribution in [-0.4, -0.2) is 29.6 Å². The number of rotatable bonds is 16. The van der Waals surface area contributed by atoms with E-state index in [1.807, 2.05) is 0 Å². The van der Waals surface area contributed by atoms with Gasteiger partial charge in [0, 0.05) is 0 Å². The molecular formula is C19H40Na. The molecule has 0 aromatic rings. The Morgan fingerprint density at radius 1 is 0.500 bits per heavy atom. The molecule has 0 atom stereocenters. The van der Waals surface area contributed by atoms with Crippen LogP contribution in [0.2, 0.25) is 0 Å². The molecule has 0 rings (SSSR count). The van der Waals surface area contributed by atoms with Crippen LogP contribution in [-0.2, 0) is 0 Å². The molecule has 0 aliphatic rings. The van der Waals surface area contributed by atoms with Crippen molar-refractivity contribution in [1.29, 1.82) is 0 Å². The fraction of sp³-hybridized carbons (Fsp3) is 0.947. The molecule has 0 heterocycles. The first-order valence-electron chi connectivity index (χ1n) is 9.19. The van der Waals surface area contributed by atoms with Crippen LogP contribution in [0.4, 0.5) is 0 Å². The summed E-state index contributed by atoms with van der Waals surface area (Å²) in [6.45, 7) is 4.46. The third kappa shape index (κ3) is 21.3. The molecule has 0 unspecified atom stereocenters. The van der Waals surface area contributed by atoms with Crippen molar-refractivity contribution in [2.24, 2.45) is 0 Å². The van der Waals surface area contributed by atoms with E-state index in [2.05, 4.69) is 20.3 Å². The van der Waals surface area contributed by atoms with E-state index < -0.39 is 0 Å². The van der Waals surface area contributed by atoms with Gasteiger partial charge in [-0.1, -0.05) is 117 Å². The summed E-state index contributed by atoms with van der Waals surface area (Å²) in [7, 11) is 0. The predicted molar refractivity (Wildman–Crippen MR) is 96.7 cm³/mol. The summed E-state index contributed by atoms with van der Waals surface area (Å²) in [5.41, 5.74) is 0. The standard InChI is InChI=1S/C19H39.Na.H/c1-3-5-7-9-11-13-15-17-19-18-16-14-12-10-8-6-4-2;;/h3H,4-19H2,1-2H3;;. The third-order valence-electron chi connectivity index (χ3n) is 4.10. The molecule has 0 N–H and O–H groups in total. The van der Waals surface area contributed by atoms with Crippen molar-refractivity contribution >= 4 is 29.6 Å². The molecule has 20 heavy (non-hydrogen) atoms. The van der Waals surface area contributed by atoms with Gasteiger partial charge in [0.25, 0.3) is 0 Å². The summed E-state index contributed by atoms with van der Waals surface area (Å²) < 4.78 is 0. The average Bonchev–Trinajstić information content (AvgIpc) is 2.43. The van der Waals surface area contributed by atoms with Gasteiger partial charge in [-0.3, -0.25) is 0 Å². The van der Waals surface area contributed by atoms with Crippen LogP contribution < -0.4 is 0 Å². The SMILES string of the molecule is C[CH]CCCCCCCCCCCCCCCCC.[NaH]. The zero-order valence-corrected chi connectivity index (χ0v) is 13.9. The minimum atomic E-state index is 0. The fourth-order valence-corrected chi connectivity index (χ4v) is 2.72. The molecular weight excluding hydrogens is 251 g/mol. The Hall–Kier alpha value is 1.00. The average molecular weight is 292 g/mol. The molecule has 0 aromatic carbocycles. The summed E-state index contributed by atoms with van der Waals surface area (Å²) in [6.07, 6.45) is 25.5. The Labute approximate surface area is 152 Å². The second kappa shape index (κ2) is 22.3. The van der Waals surface area contributed by atoms with Crippen LogP contribution in [0.3, 0.4) is 0 Å². The summed E-state index contributed by atoms with van der Waals surface area (Å²) in [4.78, 5) is 0. The van der Waals surface area contributed by atoms with E-state index in [0.29, 0.717) is 0 Å². The zero-order valence-electron chi connectivity index (χ0n) is 13.9. The predicted octanol–water partition coefficient (Wildman–Crippen LogP) is 6.82. The van der Waals surface area contributed by atoms with Gasteiger partial charge in [-0.15, -0.1) is 0 Å². The normalized spacial score (nSPS) is 10.5. The Bertz CT molecular complexity index is 129. The monoisotopic (exact) mass is 291 g/mol. The second-order valence-electron chi connectivity index (χ2n) is 6.15. The fourth-order valence-electron chi connectivity index (χ4n) is 2.72. The van der Waals surface area contributed by atoms with Gasteiger partial charge in [0.15, 0.2) is 0 Å². The van der Waals surface area contributed by atoms with E-state index in [4.69, 9.17) is 0 Å². The molecule has 0 aromatic heterocycles. The Kier molecular flexibility index (Phi) is 25.9.